The molecular formula is C24H30N4. The van der Waals surface area contributed by atoms with E-state index in [1.807, 2.05) is 0 Å². The third-order valence-corrected chi connectivity index (χ3v) is 5.61. The zero-order chi connectivity index (χ0) is 19.2. The molecule has 1 aliphatic rings. The van der Waals surface area contributed by atoms with Crippen LogP contribution in [0.5, 0.6) is 0 Å². The number of hydrogen-bond acceptors (Lipinski definition) is 4. The average Bonchev–Trinajstić information content (AvgIpc) is 2.74. The maximum atomic E-state index is 5.72. The fraction of sp³-hybridized carbons (Fsp3) is 0.375. The van der Waals surface area contributed by atoms with E-state index >= 15 is 0 Å². The quantitative estimate of drug-likeness (QED) is 0.593. The Bertz CT molecular complexity index is 908. The molecule has 0 radical (unpaired) electrons. The first-order chi connectivity index (χ1) is 13.8. The van der Waals surface area contributed by atoms with Gasteiger partial charge in [0.05, 0.1) is 11.2 Å². The van der Waals surface area contributed by atoms with Crippen LogP contribution in [0.15, 0.2) is 60.7 Å². The third-order valence-electron chi connectivity index (χ3n) is 5.61. The summed E-state index contributed by atoms with van der Waals surface area (Å²) in [6.07, 6.45) is 3.30. The van der Waals surface area contributed by atoms with E-state index in [4.69, 9.17) is 10.7 Å². The van der Waals surface area contributed by atoms with Crippen molar-refractivity contribution in [1.82, 2.24) is 15.2 Å². The highest BCUT2D eigenvalue weighted by molar-refractivity contribution is 5.78. The van der Waals surface area contributed by atoms with Crippen LogP contribution in [0, 0.1) is 0 Å². The first-order valence-electron chi connectivity index (χ1n) is 10.4. The van der Waals surface area contributed by atoms with Gasteiger partial charge in [-0.2, -0.15) is 0 Å². The number of nitrogens with two attached hydrogens (primary N) is 1. The lowest BCUT2D eigenvalue weighted by atomic mass is 9.95. The van der Waals surface area contributed by atoms with Crippen LogP contribution in [0.4, 0.5) is 0 Å². The molecular weight excluding hydrogens is 344 g/mol. The standard InChI is InChI=1S/C24H30N4/c25-13-5-6-14-28(17-22-12-11-19-7-3-4-10-24(19)27-22)18-23-15-20-8-1-2-9-21(20)16-26-23/h1-4,7-12,23,26H,5-6,13-18,25H2. The molecule has 0 fully saturated rings. The molecule has 28 heavy (non-hydrogen) atoms. The number of para-hydroxylation sites is 1. The second kappa shape index (κ2) is 9.28. The Morgan fingerprint density at radius 1 is 0.964 bits per heavy atom. The zero-order valence-electron chi connectivity index (χ0n) is 16.5. The van der Waals surface area contributed by atoms with Crippen LogP contribution >= 0.6 is 0 Å². The Hall–Kier alpha value is -2.27. The normalized spacial score (nSPS) is 16.4. The predicted octanol–water partition coefficient (Wildman–Crippen LogP) is 3.49. The Kier molecular flexibility index (Phi) is 6.32. The fourth-order valence-corrected chi connectivity index (χ4v) is 4.10. The third kappa shape index (κ3) is 4.76. The Balaban J connectivity index is 1.45. The molecule has 0 spiro atoms. The Morgan fingerprint density at radius 3 is 2.68 bits per heavy atom. The van der Waals surface area contributed by atoms with Gasteiger partial charge in [-0.1, -0.05) is 48.5 Å². The molecule has 1 aliphatic heterocycles. The fourth-order valence-electron chi connectivity index (χ4n) is 4.10. The number of unbranched alkanes of at least 4 members (excludes halogenated alkanes) is 1. The molecule has 1 atom stereocenters. The summed E-state index contributed by atoms with van der Waals surface area (Å²) in [5, 5.41) is 4.93. The molecule has 1 aromatic heterocycles. The molecule has 2 aromatic carbocycles. The highest BCUT2D eigenvalue weighted by Crippen LogP contribution is 2.18. The molecule has 0 amide bonds. The summed E-state index contributed by atoms with van der Waals surface area (Å²) in [7, 11) is 0. The summed E-state index contributed by atoms with van der Waals surface area (Å²) in [6.45, 7) is 4.71. The highest BCUT2D eigenvalue weighted by atomic mass is 15.2. The molecule has 3 aromatic rings. The molecule has 1 unspecified atom stereocenters. The van der Waals surface area contributed by atoms with E-state index in [9.17, 15) is 0 Å². The summed E-state index contributed by atoms with van der Waals surface area (Å²) < 4.78 is 0. The van der Waals surface area contributed by atoms with Gasteiger partial charge in [0.15, 0.2) is 0 Å². The zero-order valence-corrected chi connectivity index (χ0v) is 16.5. The van der Waals surface area contributed by atoms with Crippen LogP contribution in [0.3, 0.4) is 0 Å². The van der Waals surface area contributed by atoms with Gasteiger partial charge in [0.2, 0.25) is 0 Å². The van der Waals surface area contributed by atoms with Crippen molar-refractivity contribution in [3.63, 3.8) is 0 Å². The van der Waals surface area contributed by atoms with Crippen LogP contribution in [0.1, 0.15) is 29.7 Å². The van der Waals surface area contributed by atoms with Crippen molar-refractivity contribution in [3.8, 4) is 0 Å². The van der Waals surface area contributed by atoms with Crippen LogP contribution < -0.4 is 11.1 Å². The Labute approximate surface area is 167 Å². The van der Waals surface area contributed by atoms with E-state index in [-0.39, 0.29) is 0 Å². The summed E-state index contributed by atoms with van der Waals surface area (Å²) in [5.74, 6) is 0. The maximum absolute atomic E-state index is 5.72. The first kappa shape index (κ1) is 19.1. The monoisotopic (exact) mass is 374 g/mol. The minimum atomic E-state index is 0.480. The molecule has 4 nitrogen and oxygen atoms in total. The lowest BCUT2D eigenvalue weighted by Gasteiger charge is -2.31. The van der Waals surface area contributed by atoms with Crippen molar-refractivity contribution < 1.29 is 0 Å². The number of nitrogens with one attached hydrogen (secondary N) is 1. The number of pyridine rings is 1. The highest BCUT2D eigenvalue weighted by Gasteiger charge is 2.20. The lowest BCUT2D eigenvalue weighted by Crippen LogP contribution is -2.44. The molecule has 0 aliphatic carbocycles. The summed E-state index contributed by atoms with van der Waals surface area (Å²) in [5.41, 5.74) is 10.9. The minimum Gasteiger partial charge on any atom is -0.330 e. The van der Waals surface area contributed by atoms with Crippen molar-refractivity contribution >= 4 is 10.9 Å². The summed E-state index contributed by atoms with van der Waals surface area (Å²) in [4.78, 5) is 7.43. The van der Waals surface area contributed by atoms with Crippen molar-refractivity contribution in [2.75, 3.05) is 19.6 Å². The van der Waals surface area contributed by atoms with Gasteiger partial charge in [-0.25, -0.2) is 0 Å². The number of hydrogen-bond donors (Lipinski definition) is 2. The van der Waals surface area contributed by atoms with E-state index in [2.05, 4.69) is 70.9 Å². The number of nitrogens with zero attached hydrogens (tertiary/aromatic N) is 2. The molecule has 0 saturated carbocycles. The van der Waals surface area contributed by atoms with Crippen LogP contribution in [0.2, 0.25) is 0 Å². The number of aromatic nitrogens is 1. The van der Waals surface area contributed by atoms with Crippen molar-refractivity contribution in [2.45, 2.75) is 38.4 Å². The molecule has 146 valence electrons. The van der Waals surface area contributed by atoms with Crippen molar-refractivity contribution in [2.24, 2.45) is 5.73 Å². The van der Waals surface area contributed by atoms with Gasteiger partial charge in [0.1, 0.15) is 0 Å². The van der Waals surface area contributed by atoms with Crippen molar-refractivity contribution in [3.05, 3.63) is 77.5 Å². The van der Waals surface area contributed by atoms with E-state index in [0.29, 0.717) is 6.04 Å². The van der Waals surface area contributed by atoms with E-state index in [1.165, 1.54) is 16.5 Å². The molecule has 4 rings (SSSR count). The van der Waals surface area contributed by atoms with Gasteiger partial charge in [0, 0.05) is 31.1 Å². The predicted molar refractivity (Wildman–Crippen MR) is 116 cm³/mol. The SMILES string of the molecule is NCCCCN(Cc1ccc2ccccc2n1)CC1Cc2ccccc2CN1. The maximum Gasteiger partial charge on any atom is 0.0705 e. The van der Waals surface area contributed by atoms with Gasteiger partial charge < -0.3 is 11.1 Å². The van der Waals surface area contributed by atoms with Gasteiger partial charge in [-0.15, -0.1) is 0 Å². The number of rotatable bonds is 8. The molecule has 0 bridgehead atoms. The van der Waals surface area contributed by atoms with E-state index < -0.39 is 0 Å². The van der Waals surface area contributed by atoms with Crippen LogP contribution in [-0.2, 0) is 19.5 Å². The summed E-state index contributed by atoms with van der Waals surface area (Å²) in [6, 6.07) is 22.0. The molecule has 2 heterocycles. The van der Waals surface area contributed by atoms with E-state index in [0.717, 1.165) is 63.2 Å². The topological polar surface area (TPSA) is 54.2 Å². The summed E-state index contributed by atoms with van der Waals surface area (Å²) >= 11 is 0. The minimum absolute atomic E-state index is 0.480. The lowest BCUT2D eigenvalue weighted by molar-refractivity contribution is 0.222. The molecule has 4 heteroatoms. The second-order valence-corrected chi connectivity index (χ2v) is 7.78. The molecule has 0 saturated heterocycles. The second-order valence-electron chi connectivity index (χ2n) is 7.78. The number of fused-ring (bicyclic) bond motifs is 2. The number of benzene rings is 2. The smallest absolute Gasteiger partial charge is 0.0705 e. The molecule has 3 N–H and O–H groups in total. The van der Waals surface area contributed by atoms with Gasteiger partial charge in [-0.3, -0.25) is 9.88 Å². The average molecular weight is 375 g/mol. The van der Waals surface area contributed by atoms with Gasteiger partial charge in [0.25, 0.3) is 0 Å². The van der Waals surface area contributed by atoms with Gasteiger partial charge >= 0.3 is 0 Å². The van der Waals surface area contributed by atoms with Crippen LogP contribution in [-0.4, -0.2) is 35.6 Å². The Morgan fingerprint density at radius 2 is 1.79 bits per heavy atom. The van der Waals surface area contributed by atoms with E-state index in [1.54, 1.807) is 0 Å². The largest absolute Gasteiger partial charge is 0.330 e. The van der Waals surface area contributed by atoms with Gasteiger partial charge in [-0.05, 0) is 55.6 Å². The van der Waals surface area contributed by atoms with Crippen molar-refractivity contribution in [1.29, 1.82) is 0 Å². The van der Waals surface area contributed by atoms with Crippen LogP contribution in [0.25, 0.3) is 10.9 Å². The first-order valence-corrected chi connectivity index (χ1v) is 10.4.